The van der Waals surface area contributed by atoms with Crippen LogP contribution in [0.1, 0.15) is 41.3 Å². The number of aliphatic imine (C=N–C) groups is 1. The molecule has 2 aromatic rings. The normalized spacial score (nSPS) is 12.3. The SMILES string of the molecule is CCOC(=O)c1ccc(CNC(=NC)NCC(C)c2ccccc2)cc1. The van der Waals surface area contributed by atoms with Crippen LogP contribution in [-0.4, -0.2) is 32.1 Å². The summed E-state index contributed by atoms with van der Waals surface area (Å²) in [6, 6.07) is 17.8. The Labute approximate surface area is 155 Å². The lowest BCUT2D eigenvalue weighted by atomic mass is 10.0. The molecule has 0 aromatic heterocycles. The van der Waals surface area contributed by atoms with Crippen molar-refractivity contribution >= 4 is 11.9 Å². The van der Waals surface area contributed by atoms with Gasteiger partial charge < -0.3 is 15.4 Å². The van der Waals surface area contributed by atoms with Gasteiger partial charge in [-0.1, -0.05) is 49.4 Å². The maximum atomic E-state index is 11.7. The van der Waals surface area contributed by atoms with Crippen molar-refractivity contribution in [2.75, 3.05) is 20.2 Å². The van der Waals surface area contributed by atoms with E-state index in [1.165, 1.54) is 5.56 Å². The lowest BCUT2D eigenvalue weighted by Crippen LogP contribution is -2.38. The van der Waals surface area contributed by atoms with E-state index in [4.69, 9.17) is 4.74 Å². The van der Waals surface area contributed by atoms with E-state index < -0.39 is 0 Å². The van der Waals surface area contributed by atoms with Crippen LogP contribution >= 0.6 is 0 Å². The quantitative estimate of drug-likeness (QED) is 0.455. The van der Waals surface area contributed by atoms with Gasteiger partial charge in [0, 0.05) is 20.1 Å². The minimum Gasteiger partial charge on any atom is -0.462 e. The first-order chi connectivity index (χ1) is 12.6. The lowest BCUT2D eigenvalue weighted by molar-refractivity contribution is 0.0526. The second-order valence-corrected chi connectivity index (χ2v) is 6.04. The highest BCUT2D eigenvalue weighted by molar-refractivity contribution is 5.89. The minimum absolute atomic E-state index is 0.292. The molecular formula is C21H27N3O2. The van der Waals surface area contributed by atoms with E-state index in [9.17, 15) is 4.79 Å². The van der Waals surface area contributed by atoms with Gasteiger partial charge in [-0.3, -0.25) is 4.99 Å². The van der Waals surface area contributed by atoms with Gasteiger partial charge in [-0.2, -0.15) is 0 Å². The molecule has 2 rings (SSSR count). The molecule has 1 unspecified atom stereocenters. The molecule has 0 bridgehead atoms. The largest absolute Gasteiger partial charge is 0.462 e. The lowest BCUT2D eigenvalue weighted by Gasteiger charge is -2.16. The van der Waals surface area contributed by atoms with Crippen molar-refractivity contribution in [1.29, 1.82) is 0 Å². The number of carbonyl (C=O) groups excluding carboxylic acids is 1. The molecule has 0 saturated heterocycles. The third-order valence-electron chi connectivity index (χ3n) is 4.09. The van der Waals surface area contributed by atoms with Crippen LogP contribution < -0.4 is 10.6 Å². The number of ether oxygens (including phenoxy) is 1. The second kappa shape index (κ2) is 10.2. The van der Waals surface area contributed by atoms with Gasteiger partial charge in [-0.15, -0.1) is 0 Å². The van der Waals surface area contributed by atoms with Crippen LogP contribution in [0.3, 0.4) is 0 Å². The maximum Gasteiger partial charge on any atom is 0.338 e. The van der Waals surface area contributed by atoms with Gasteiger partial charge in [0.15, 0.2) is 5.96 Å². The Hall–Kier alpha value is -2.82. The highest BCUT2D eigenvalue weighted by Crippen LogP contribution is 2.13. The van der Waals surface area contributed by atoms with Crippen molar-refractivity contribution in [3.8, 4) is 0 Å². The average Bonchev–Trinajstić information content (AvgIpc) is 2.69. The van der Waals surface area contributed by atoms with Crippen LogP contribution in [0.2, 0.25) is 0 Å². The molecule has 5 nitrogen and oxygen atoms in total. The maximum absolute atomic E-state index is 11.7. The average molecular weight is 353 g/mol. The highest BCUT2D eigenvalue weighted by atomic mass is 16.5. The van der Waals surface area contributed by atoms with Gasteiger partial charge in [0.1, 0.15) is 0 Å². The molecule has 0 spiro atoms. The predicted octanol–water partition coefficient (Wildman–Crippen LogP) is 3.33. The van der Waals surface area contributed by atoms with Gasteiger partial charge in [0.05, 0.1) is 12.2 Å². The summed E-state index contributed by atoms with van der Waals surface area (Å²) in [4.78, 5) is 15.9. The van der Waals surface area contributed by atoms with Crippen LogP contribution in [0.25, 0.3) is 0 Å². The summed E-state index contributed by atoms with van der Waals surface area (Å²) in [6.07, 6.45) is 0. The topological polar surface area (TPSA) is 62.7 Å². The van der Waals surface area contributed by atoms with E-state index in [1.807, 2.05) is 18.2 Å². The summed E-state index contributed by atoms with van der Waals surface area (Å²) in [5.74, 6) is 0.847. The molecule has 2 N–H and O–H groups in total. The Morgan fingerprint density at radius 3 is 2.38 bits per heavy atom. The number of guanidine groups is 1. The molecule has 0 aliphatic heterocycles. The van der Waals surface area contributed by atoms with Crippen LogP contribution in [0.4, 0.5) is 0 Å². The number of rotatable bonds is 7. The van der Waals surface area contributed by atoms with Crippen LogP contribution in [-0.2, 0) is 11.3 Å². The third-order valence-corrected chi connectivity index (χ3v) is 4.09. The van der Waals surface area contributed by atoms with Gasteiger partial charge in [-0.05, 0) is 36.1 Å². The number of nitrogens with one attached hydrogen (secondary N) is 2. The van der Waals surface area contributed by atoms with Crippen LogP contribution in [0.15, 0.2) is 59.6 Å². The molecule has 138 valence electrons. The minimum atomic E-state index is -0.292. The van der Waals surface area contributed by atoms with Crippen molar-refractivity contribution in [2.45, 2.75) is 26.3 Å². The molecule has 0 heterocycles. The third kappa shape index (κ3) is 5.92. The molecule has 1 atom stereocenters. The van der Waals surface area contributed by atoms with Crippen molar-refractivity contribution < 1.29 is 9.53 Å². The van der Waals surface area contributed by atoms with Gasteiger partial charge in [0.25, 0.3) is 0 Å². The summed E-state index contributed by atoms with van der Waals surface area (Å²) in [6.45, 7) is 5.79. The fraction of sp³-hybridized carbons (Fsp3) is 0.333. The van der Waals surface area contributed by atoms with Crippen LogP contribution in [0, 0.1) is 0 Å². The predicted molar refractivity (Wildman–Crippen MR) is 105 cm³/mol. The summed E-state index contributed by atoms with van der Waals surface area (Å²) < 4.78 is 4.99. The zero-order valence-corrected chi connectivity index (χ0v) is 15.7. The molecule has 2 aromatic carbocycles. The number of hydrogen-bond acceptors (Lipinski definition) is 3. The molecule has 0 radical (unpaired) electrons. The first-order valence-corrected chi connectivity index (χ1v) is 8.89. The zero-order valence-electron chi connectivity index (χ0n) is 15.7. The Morgan fingerprint density at radius 2 is 1.77 bits per heavy atom. The molecule has 0 aliphatic carbocycles. The van der Waals surface area contributed by atoms with E-state index in [1.54, 1.807) is 26.1 Å². The first kappa shape index (κ1) is 19.5. The van der Waals surface area contributed by atoms with Gasteiger partial charge >= 0.3 is 5.97 Å². The number of hydrogen-bond donors (Lipinski definition) is 2. The van der Waals surface area contributed by atoms with Gasteiger partial charge in [0.2, 0.25) is 0 Å². The molecule has 0 amide bonds. The van der Waals surface area contributed by atoms with Gasteiger partial charge in [-0.25, -0.2) is 4.79 Å². The Balaban J connectivity index is 1.82. The fourth-order valence-corrected chi connectivity index (χ4v) is 2.53. The summed E-state index contributed by atoms with van der Waals surface area (Å²) in [7, 11) is 1.76. The number of carbonyl (C=O) groups is 1. The molecular weight excluding hydrogens is 326 g/mol. The second-order valence-electron chi connectivity index (χ2n) is 6.04. The first-order valence-electron chi connectivity index (χ1n) is 8.89. The Bertz CT molecular complexity index is 712. The smallest absolute Gasteiger partial charge is 0.338 e. The Kier molecular flexibility index (Phi) is 7.68. The number of esters is 1. The standard InChI is InChI=1S/C21H27N3O2/c1-4-26-20(25)19-12-10-17(11-13-19)15-24-21(22-3)23-14-16(2)18-8-6-5-7-9-18/h5-13,16H,4,14-15H2,1-3H3,(H2,22,23,24). The molecule has 5 heteroatoms. The molecule has 0 saturated carbocycles. The monoisotopic (exact) mass is 353 g/mol. The summed E-state index contributed by atoms with van der Waals surface area (Å²) >= 11 is 0. The van der Waals surface area contributed by atoms with Crippen molar-refractivity contribution in [1.82, 2.24) is 10.6 Å². The zero-order chi connectivity index (χ0) is 18.8. The Morgan fingerprint density at radius 1 is 1.08 bits per heavy atom. The fourth-order valence-electron chi connectivity index (χ4n) is 2.53. The molecule has 0 aliphatic rings. The number of nitrogens with zero attached hydrogens (tertiary/aromatic N) is 1. The van der Waals surface area contributed by atoms with Crippen molar-refractivity contribution in [3.63, 3.8) is 0 Å². The van der Waals surface area contributed by atoms with Crippen LogP contribution in [0.5, 0.6) is 0 Å². The van der Waals surface area contributed by atoms with E-state index in [0.717, 1.165) is 18.1 Å². The molecule has 26 heavy (non-hydrogen) atoms. The summed E-state index contributed by atoms with van der Waals surface area (Å²) in [5, 5.41) is 6.64. The van der Waals surface area contributed by atoms with E-state index in [-0.39, 0.29) is 5.97 Å². The van der Waals surface area contributed by atoms with E-state index in [0.29, 0.717) is 24.6 Å². The molecule has 0 fully saturated rings. The summed E-state index contributed by atoms with van der Waals surface area (Å²) in [5.41, 5.74) is 2.93. The highest BCUT2D eigenvalue weighted by Gasteiger charge is 2.07. The van der Waals surface area contributed by atoms with E-state index >= 15 is 0 Å². The number of benzene rings is 2. The van der Waals surface area contributed by atoms with Crippen molar-refractivity contribution in [3.05, 3.63) is 71.3 Å². The van der Waals surface area contributed by atoms with Crippen molar-refractivity contribution in [2.24, 2.45) is 4.99 Å². The van der Waals surface area contributed by atoms with E-state index in [2.05, 4.69) is 46.8 Å².